The van der Waals surface area contributed by atoms with Gasteiger partial charge >= 0.3 is 37.7 Å². The zero-order valence-corrected chi connectivity index (χ0v) is 16.7. The van der Waals surface area contributed by atoms with E-state index >= 15 is 0 Å². The van der Waals surface area contributed by atoms with Gasteiger partial charge in [-0.2, -0.15) is 0 Å². The average molecular weight is 339 g/mol. The molecule has 0 saturated carbocycles. The van der Waals surface area contributed by atoms with Crippen LogP contribution in [0.2, 0.25) is 0 Å². The van der Waals surface area contributed by atoms with E-state index in [4.69, 9.17) is 0 Å². The molecule has 0 bridgehead atoms. The Morgan fingerprint density at radius 3 is 1.50 bits per heavy atom. The SMILES string of the molecule is CCCCCCCCCCCC(C(=O)[O-])(C(=O)[O-])C(C)C.[Ca+2]. The van der Waals surface area contributed by atoms with E-state index < -0.39 is 23.3 Å². The molecule has 0 radical (unpaired) electrons. The summed E-state index contributed by atoms with van der Waals surface area (Å²) in [5, 5.41) is 22.5. The van der Waals surface area contributed by atoms with Crippen LogP contribution >= 0.6 is 0 Å². The summed E-state index contributed by atoms with van der Waals surface area (Å²) >= 11 is 0. The number of hydrogen-bond donors (Lipinski definition) is 0. The first kappa shape index (κ1) is 24.5. The molecule has 0 spiro atoms. The van der Waals surface area contributed by atoms with E-state index in [1.165, 1.54) is 32.1 Å². The molecular weight excluding hydrogens is 308 g/mol. The van der Waals surface area contributed by atoms with Crippen molar-refractivity contribution in [2.24, 2.45) is 11.3 Å². The van der Waals surface area contributed by atoms with Crippen LogP contribution in [-0.4, -0.2) is 49.7 Å². The van der Waals surface area contributed by atoms with Crippen molar-refractivity contribution in [3.8, 4) is 0 Å². The minimum Gasteiger partial charge on any atom is -0.549 e. The maximum atomic E-state index is 11.2. The monoisotopic (exact) mass is 338 g/mol. The van der Waals surface area contributed by atoms with Crippen LogP contribution in [0.3, 0.4) is 0 Å². The first-order chi connectivity index (χ1) is 9.89. The van der Waals surface area contributed by atoms with Crippen molar-refractivity contribution >= 4 is 49.7 Å². The Hall–Kier alpha value is 0.200. The van der Waals surface area contributed by atoms with Gasteiger partial charge in [0.05, 0.1) is 17.4 Å². The minimum atomic E-state index is -1.85. The van der Waals surface area contributed by atoms with Gasteiger partial charge in [0.15, 0.2) is 0 Å². The summed E-state index contributed by atoms with van der Waals surface area (Å²) in [5.41, 5.74) is -1.85. The fraction of sp³-hybridized carbons (Fsp3) is 0.882. The van der Waals surface area contributed by atoms with Crippen LogP contribution in [0.25, 0.3) is 0 Å². The van der Waals surface area contributed by atoms with Gasteiger partial charge in [0.2, 0.25) is 0 Å². The topological polar surface area (TPSA) is 80.3 Å². The zero-order chi connectivity index (χ0) is 16.3. The molecule has 0 aromatic heterocycles. The Labute approximate surface area is 165 Å². The number of hydrogen-bond acceptors (Lipinski definition) is 4. The summed E-state index contributed by atoms with van der Waals surface area (Å²) in [6.45, 7) is 5.38. The van der Waals surface area contributed by atoms with Crippen LogP contribution in [0.1, 0.15) is 85.0 Å². The number of carbonyl (C=O) groups excluding carboxylic acids is 2. The van der Waals surface area contributed by atoms with Gasteiger partial charge in [0, 0.05) is 0 Å². The van der Waals surface area contributed by atoms with Crippen molar-refractivity contribution < 1.29 is 19.8 Å². The number of carboxylic acid groups (broad SMARTS) is 2. The first-order valence-electron chi connectivity index (χ1n) is 8.32. The standard InChI is InChI=1S/C17H32O4.Ca/c1-4-5-6-7-8-9-10-11-12-13-17(14(2)3,15(18)19)16(20)21;/h14H,4-13H2,1-3H3,(H,18,19)(H,20,21);/q;+2/p-2. The van der Waals surface area contributed by atoms with Gasteiger partial charge in [-0.15, -0.1) is 0 Å². The second-order valence-corrected chi connectivity index (χ2v) is 6.28. The van der Waals surface area contributed by atoms with E-state index in [0.29, 0.717) is 6.42 Å². The molecule has 0 aliphatic rings. The third kappa shape index (κ3) is 8.16. The Morgan fingerprint density at radius 2 is 1.18 bits per heavy atom. The second kappa shape index (κ2) is 13.6. The Kier molecular flexibility index (Phi) is 15.1. The van der Waals surface area contributed by atoms with Crippen LogP contribution < -0.4 is 10.2 Å². The molecule has 5 heteroatoms. The third-order valence-corrected chi connectivity index (χ3v) is 4.39. The van der Waals surface area contributed by atoms with Crippen LogP contribution in [0, 0.1) is 11.3 Å². The summed E-state index contributed by atoms with van der Waals surface area (Å²) in [4.78, 5) is 22.5. The molecule has 0 unspecified atom stereocenters. The predicted molar refractivity (Wildman–Crippen MR) is 84.9 cm³/mol. The van der Waals surface area contributed by atoms with Gasteiger partial charge < -0.3 is 19.8 Å². The molecule has 0 amide bonds. The first-order valence-corrected chi connectivity index (χ1v) is 8.32. The molecule has 22 heavy (non-hydrogen) atoms. The number of aliphatic carboxylic acids is 2. The molecule has 0 N–H and O–H groups in total. The summed E-state index contributed by atoms with van der Waals surface area (Å²) in [7, 11) is 0. The normalized spacial score (nSPS) is 11.3. The van der Waals surface area contributed by atoms with Crippen molar-refractivity contribution in [1.82, 2.24) is 0 Å². The van der Waals surface area contributed by atoms with Crippen LogP contribution in [0.4, 0.5) is 0 Å². The molecule has 0 aromatic rings. The van der Waals surface area contributed by atoms with Crippen LogP contribution in [0.15, 0.2) is 0 Å². The number of unbranched alkanes of at least 4 members (excludes halogenated alkanes) is 8. The molecular formula is C17H30CaO4. The van der Waals surface area contributed by atoms with Crippen LogP contribution in [-0.2, 0) is 9.59 Å². The fourth-order valence-corrected chi connectivity index (χ4v) is 2.76. The van der Waals surface area contributed by atoms with E-state index in [1.54, 1.807) is 13.8 Å². The molecule has 124 valence electrons. The Morgan fingerprint density at radius 1 is 0.818 bits per heavy atom. The molecule has 0 aromatic carbocycles. The molecule has 0 aliphatic heterocycles. The predicted octanol–water partition coefficient (Wildman–Crippen LogP) is 1.67. The maximum Gasteiger partial charge on any atom is 2.00 e. The van der Waals surface area contributed by atoms with E-state index in [1.807, 2.05) is 0 Å². The summed E-state index contributed by atoms with van der Waals surface area (Å²) in [5.74, 6) is -3.56. The molecule has 0 heterocycles. The second-order valence-electron chi connectivity index (χ2n) is 6.28. The summed E-state index contributed by atoms with van der Waals surface area (Å²) in [6.07, 6.45) is 9.98. The quantitative estimate of drug-likeness (QED) is 0.291. The molecule has 0 rings (SSSR count). The van der Waals surface area contributed by atoms with E-state index in [-0.39, 0.29) is 44.2 Å². The largest absolute Gasteiger partial charge is 2.00 e. The smallest absolute Gasteiger partial charge is 0.549 e. The van der Waals surface area contributed by atoms with Gasteiger partial charge in [-0.3, -0.25) is 0 Å². The molecule has 4 nitrogen and oxygen atoms in total. The summed E-state index contributed by atoms with van der Waals surface area (Å²) < 4.78 is 0. The van der Waals surface area contributed by atoms with Gasteiger partial charge in [-0.1, -0.05) is 78.6 Å². The van der Waals surface area contributed by atoms with E-state index in [9.17, 15) is 19.8 Å². The Balaban J connectivity index is 0. The van der Waals surface area contributed by atoms with Gasteiger partial charge in [-0.05, 0) is 12.3 Å². The average Bonchev–Trinajstić information content (AvgIpc) is 2.39. The number of rotatable bonds is 13. The minimum absolute atomic E-state index is 0. The Bertz CT molecular complexity index is 302. The van der Waals surface area contributed by atoms with Gasteiger partial charge in [0.25, 0.3) is 0 Å². The summed E-state index contributed by atoms with van der Waals surface area (Å²) in [6, 6.07) is 0. The number of carbonyl (C=O) groups is 2. The van der Waals surface area contributed by atoms with Gasteiger partial charge in [-0.25, -0.2) is 0 Å². The van der Waals surface area contributed by atoms with Crippen LogP contribution in [0.5, 0.6) is 0 Å². The number of carboxylic acids is 2. The fourth-order valence-electron chi connectivity index (χ4n) is 2.76. The van der Waals surface area contributed by atoms with Crippen molar-refractivity contribution in [2.45, 2.75) is 85.0 Å². The molecule has 0 atom stereocenters. The maximum absolute atomic E-state index is 11.2. The molecule has 0 aliphatic carbocycles. The molecule has 0 fully saturated rings. The molecule has 0 saturated heterocycles. The van der Waals surface area contributed by atoms with Crippen molar-refractivity contribution in [1.29, 1.82) is 0 Å². The van der Waals surface area contributed by atoms with Crippen molar-refractivity contribution in [2.75, 3.05) is 0 Å². The third-order valence-electron chi connectivity index (χ3n) is 4.39. The van der Waals surface area contributed by atoms with Gasteiger partial charge in [0.1, 0.15) is 0 Å². The zero-order valence-electron chi connectivity index (χ0n) is 14.5. The van der Waals surface area contributed by atoms with Crippen molar-refractivity contribution in [3.05, 3.63) is 0 Å². The van der Waals surface area contributed by atoms with E-state index in [2.05, 4.69) is 6.92 Å². The van der Waals surface area contributed by atoms with E-state index in [0.717, 1.165) is 19.3 Å². The van der Waals surface area contributed by atoms with Crippen molar-refractivity contribution in [3.63, 3.8) is 0 Å².